The molecule has 0 bridgehead atoms. The van der Waals surface area contributed by atoms with Crippen LogP contribution in [0.1, 0.15) is 18.4 Å². The summed E-state index contributed by atoms with van der Waals surface area (Å²) in [4.78, 5) is 25.1. The van der Waals surface area contributed by atoms with E-state index < -0.39 is 26.0 Å². The van der Waals surface area contributed by atoms with Crippen LogP contribution in [0.2, 0.25) is 0 Å². The Hall–Kier alpha value is -2.30. The number of nitrogens with zero attached hydrogens (tertiary/aromatic N) is 3. The smallest absolute Gasteiger partial charge is 0.289 e. The molecule has 10 heteroatoms. The molecule has 0 unspecified atom stereocenters. The number of nitro groups is 1. The molecule has 0 N–H and O–H groups in total. The molecule has 0 aromatic heterocycles. The van der Waals surface area contributed by atoms with Crippen LogP contribution >= 0.6 is 15.9 Å². The first-order chi connectivity index (χ1) is 14.3. The van der Waals surface area contributed by atoms with Gasteiger partial charge in [0.25, 0.3) is 5.69 Å². The average molecular weight is 494 g/mol. The Morgan fingerprint density at radius 1 is 1.03 bits per heavy atom. The van der Waals surface area contributed by atoms with E-state index in [0.717, 1.165) is 22.9 Å². The Morgan fingerprint density at radius 2 is 1.70 bits per heavy atom. The van der Waals surface area contributed by atoms with E-state index in [-0.39, 0.29) is 37.0 Å². The SMILES string of the molecule is O=C(N1CCN(S(=O)(=O)c2ccccc2[N+](=O)[O-])CC1)C1(c2cccc(Br)c2)CC1. The number of hydrogen-bond donors (Lipinski definition) is 0. The van der Waals surface area contributed by atoms with Crippen molar-refractivity contribution in [2.75, 3.05) is 26.2 Å². The second-order valence-corrected chi connectivity index (χ2v) is 10.3. The highest BCUT2D eigenvalue weighted by Crippen LogP contribution is 2.50. The standard InChI is InChI=1S/C20H20BrN3O5S/c21-16-5-3-4-15(14-16)20(8-9-20)19(25)22-10-12-23(13-11-22)30(28,29)18-7-2-1-6-17(18)24(26)27/h1-7,14H,8-13H2. The third-order valence-corrected chi connectivity index (χ3v) is 8.18. The topological polar surface area (TPSA) is 101 Å². The Bertz CT molecular complexity index is 1110. The average Bonchev–Trinajstić information content (AvgIpc) is 3.55. The maximum atomic E-state index is 13.2. The molecule has 0 spiro atoms. The summed E-state index contributed by atoms with van der Waals surface area (Å²) in [5, 5.41) is 11.2. The first-order valence-corrected chi connectivity index (χ1v) is 11.8. The van der Waals surface area contributed by atoms with Crippen molar-refractivity contribution in [1.82, 2.24) is 9.21 Å². The minimum atomic E-state index is -4.02. The van der Waals surface area contributed by atoms with Crippen molar-refractivity contribution in [3.05, 3.63) is 68.7 Å². The van der Waals surface area contributed by atoms with Gasteiger partial charge in [-0.05, 0) is 36.6 Å². The Balaban J connectivity index is 1.49. The van der Waals surface area contributed by atoms with Gasteiger partial charge >= 0.3 is 0 Å². The van der Waals surface area contributed by atoms with E-state index >= 15 is 0 Å². The molecule has 8 nitrogen and oxygen atoms in total. The summed E-state index contributed by atoms with van der Waals surface area (Å²) in [5.41, 5.74) is 0.00249. The maximum Gasteiger partial charge on any atom is 0.289 e. The van der Waals surface area contributed by atoms with Crippen molar-refractivity contribution in [3.63, 3.8) is 0 Å². The Labute approximate surface area is 182 Å². The van der Waals surface area contributed by atoms with Gasteiger partial charge in [0, 0.05) is 36.7 Å². The zero-order valence-corrected chi connectivity index (χ0v) is 18.4. The first kappa shape index (κ1) is 21.0. The summed E-state index contributed by atoms with van der Waals surface area (Å²) in [6, 6.07) is 13.1. The van der Waals surface area contributed by atoms with E-state index in [4.69, 9.17) is 0 Å². The minimum Gasteiger partial charge on any atom is -0.339 e. The van der Waals surface area contributed by atoms with E-state index in [1.807, 2.05) is 24.3 Å². The second kappa shape index (κ2) is 7.75. The predicted octanol–water partition coefficient (Wildman–Crippen LogP) is 2.92. The third kappa shape index (κ3) is 3.63. The van der Waals surface area contributed by atoms with E-state index in [2.05, 4.69) is 15.9 Å². The lowest BCUT2D eigenvalue weighted by Gasteiger charge is -2.36. The number of sulfonamides is 1. The van der Waals surface area contributed by atoms with Gasteiger partial charge in [-0.1, -0.05) is 40.2 Å². The van der Waals surface area contributed by atoms with Crippen LogP contribution < -0.4 is 0 Å². The lowest BCUT2D eigenvalue weighted by molar-refractivity contribution is -0.387. The first-order valence-electron chi connectivity index (χ1n) is 9.55. The molecule has 30 heavy (non-hydrogen) atoms. The molecule has 2 aromatic carbocycles. The normalized spacial score (nSPS) is 18.8. The molecule has 1 aliphatic heterocycles. The molecular weight excluding hydrogens is 474 g/mol. The third-order valence-electron chi connectivity index (χ3n) is 5.74. The van der Waals surface area contributed by atoms with Crippen LogP contribution in [0.4, 0.5) is 5.69 Å². The summed E-state index contributed by atoms with van der Waals surface area (Å²) in [5.74, 6) is 0.0170. The molecule has 1 aliphatic carbocycles. The monoisotopic (exact) mass is 493 g/mol. The van der Waals surface area contributed by atoms with Crippen LogP contribution in [0.5, 0.6) is 0 Å². The maximum absolute atomic E-state index is 13.2. The number of carbonyl (C=O) groups is 1. The highest BCUT2D eigenvalue weighted by atomic mass is 79.9. The number of benzene rings is 2. The van der Waals surface area contributed by atoms with Gasteiger partial charge in [0.2, 0.25) is 15.9 Å². The van der Waals surface area contributed by atoms with Crippen LogP contribution in [0.15, 0.2) is 57.9 Å². The second-order valence-electron chi connectivity index (χ2n) is 7.51. The van der Waals surface area contributed by atoms with E-state index in [1.165, 1.54) is 28.6 Å². The number of para-hydroxylation sites is 1. The van der Waals surface area contributed by atoms with Gasteiger partial charge in [-0.15, -0.1) is 0 Å². The van der Waals surface area contributed by atoms with Crippen molar-refractivity contribution in [3.8, 4) is 0 Å². The quantitative estimate of drug-likeness (QED) is 0.470. The van der Waals surface area contributed by atoms with Crippen LogP contribution in [0.25, 0.3) is 0 Å². The zero-order valence-electron chi connectivity index (χ0n) is 16.0. The molecule has 1 saturated heterocycles. The van der Waals surface area contributed by atoms with Gasteiger partial charge < -0.3 is 4.90 Å². The van der Waals surface area contributed by atoms with Crippen LogP contribution in [0, 0.1) is 10.1 Å². The zero-order chi connectivity index (χ0) is 21.5. The van der Waals surface area contributed by atoms with Gasteiger partial charge in [-0.3, -0.25) is 14.9 Å². The lowest BCUT2D eigenvalue weighted by Crippen LogP contribution is -2.52. The van der Waals surface area contributed by atoms with Gasteiger partial charge in [-0.25, -0.2) is 8.42 Å². The highest BCUT2D eigenvalue weighted by Gasteiger charge is 2.53. The van der Waals surface area contributed by atoms with Crippen molar-refractivity contribution in [2.45, 2.75) is 23.2 Å². The Morgan fingerprint density at radius 3 is 2.30 bits per heavy atom. The number of carbonyl (C=O) groups excluding carboxylic acids is 1. The van der Waals surface area contributed by atoms with E-state index in [0.29, 0.717) is 0 Å². The van der Waals surface area contributed by atoms with E-state index in [1.54, 1.807) is 4.90 Å². The summed E-state index contributed by atoms with van der Waals surface area (Å²) in [6.07, 6.45) is 1.55. The van der Waals surface area contributed by atoms with Crippen molar-refractivity contribution in [1.29, 1.82) is 0 Å². The fourth-order valence-electron chi connectivity index (χ4n) is 3.94. The van der Waals surface area contributed by atoms with Gasteiger partial charge in [0.1, 0.15) is 0 Å². The molecule has 1 heterocycles. The number of halogens is 1. The number of piperazine rings is 1. The number of rotatable bonds is 5. The summed E-state index contributed by atoms with van der Waals surface area (Å²) < 4.78 is 28.1. The molecule has 2 aliphatic rings. The molecule has 0 radical (unpaired) electrons. The van der Waals surface area contributed by atoms with Crippen LogP contribution in [-0.4, -0.2) is 54.6 Å². The molecule has 1 saturated carbocycles. The molecule has 1 amide bonds. The molecule has 2 aromatic rings. The van der Waals surface area contributed by atoms with Crippen molar-refractivity contribution >= 4 is 37.5 Å². The number of amides is 1. The van der Waals surface area contributed by atoms with E-state index in [9.17, 15) is 23.3 Å². The van der Waals surface area contributed by atoms with Crippen molar-refractivity contribution < 1.29 is 18.1 Å². The fraction of sp³-hybridized carbons (Fsp3) is 0.350. The van der Waals surface area contributed by atoms with Gasteiger partial charge in [0.05, 0.1) is 10.3 Å². The summed E-state index contributed by atoms with van der Waals surface area (Å²) in [7, 11) is -4.02. The lowest BCUT2D eigenvalue weighted by atomic mass is 9.94. The van der Waals surface area contributed by atoms with Gasteiger partial charge in [0.15, 0.2) is 4.90 Å². The van der Waals surface area contributed by atoms with Gasteiger partial charge in [-0.2, -0.15) is 4.31 Å². The van der Waals surface area contributed by atoms with Crippen LogP contribution in [-0.2, 0) is 20.2 Å². The summed E-state index contributed by atoms with van der Waals surface area (Å²) >= 11 is 3.45. The number of hydrogen-bond acceptors (Lipinski definition) is 5. The predicted molar refractivity (Wildman–Crippen MR) is 113 cm³/mol. The molecular formula is C20H20BrN3O5S. The number of nitro benzene ring substituents is 1. The fourth-order valence-corrected chi connectivity index (χ4v) is 5.92. The van der Waals surface area contributed by atoms with Crippen LogP contribution in [0.3, 0.4) is 0 Å². The minimum absolute atomic E-state index is 0.0170. The molecule has 2 fully saturated rings. The van der Waals surface area contributed by atoms with Crippen molar-refractivity contribution in [2.24, 2.45) is 0 Å². The highest BCUT2D eigenvalue weighted by molar-refractivity contribution is 9.10. The Kier molecular flexibility index (Phi) is 5.41. The largest absolute Gasteiger partial charge is 0.339 e. The molecule has 0 atom stereocenters. The summed E-state index contributed by atoms with van der Waals surface area (Å²) in [6.45, 7) is 0.728. The molecule has 158 valence electrons. The molecule has 4 rings (SSSR count).